The van der Waals surface area contributed by atoms with Crippen LogP contribution in [0.1, 0.15) is 26.3 Å². The summed E-state index contributed by atoms with van der Waals surface area (Å²) >= 11 is 0. The number of hydrogen-bond acceptors (Lipinski definition) is 3. The van der Waals surface area contributed by atoms with Crippen molar-refractivity contribution in [2.24, 2.45) is 5.92 Å². The Kier molecular flexibility index (Phi) is 3.73. The fourth-order valence-corrected chi connectivity index (χ4v) is 3.70. The van der Waals surface area contributed by atoms with E-state index in [9.17, 15) is 8.42 Å². The Morgan fingerprint density at radius 1 is 1.21 bits per heavy atom. The summed E-state index contributed by atoms with van der Waals surface area (Å²) in [5, 5.41) is 8.94. The summed E-state index contributed by atoms with van der Waals surface area (Å²) in [5.41, 5.74) is 1.13. The average molecular weight is 283 g/mol. The Labute approximate surface area is 115 Å². The molecule has 1 N–H and O–H groups in total. The predicted molar refractivity (Wildman–Crippen MR) is 74.5 cm³/mol. The highest BCUT2D eigenvalue weighted by atomic mass is 32.2. The summed E-state index contributed by atoms with van der Waals surface area (Å²) in [7, 11) is -3.39. The van der Waals surface area contributed by atoms with E-state index in [-0.39, 0.29) is 17.9 Å². The minimum atomic E-state index is -3.39. The zero-order valence-electron chi connectivity index (χ0n) is 11.6. The van der Waals surface area contributed by atoms with Crippen molar-refractivity contribution in [1.82, 2.24) is 4.31 Å². The van der Waals surface area contributed by atoms with Gasteiger partial charge in [-0.25, -0.2) is 8.42 Å². The van der Waals surface area contributed by atoms with Gasteiger partial charge in [-0.3, -0.25) is 0 Å². The second-order valence-corrected chi connectivity index (χ2v) is 8.08. The molecule has 0 bridgehead atoms. The maximum Gasteiger partial charge on any atom is 0.243 e. The highest BCUT2D eigenvalue weighted by Crippen LogP contribution is 2.27. The number of aliphatic hydroxyl groups is 1. The molecule has 0 amide bonds. The first-order valence-electron chi connectivity index (χ1n) is 6.46. The van der Waals surface area contributed by atoms with Crippen LogP contribution in [0.5, 0.6) is 0 Å². The number of benzene rings is 1. The van der Waals surface area contributed by atoms with Crippen molar-refractivity contribution in [3.8, 4) is 0 Å². The van der Waals surface area contributed by atoms with E-state index in [1.165, 1.54) is 4.31 Å². The molecule has 1 heterocycles. The Hall–Kier alpha value is -0.910. The zero-order chi connectivity index (χ0) is 14.3. The molecule has 1 saturated heterocycles. The maximum atomic E-state index is 12.3. The van der Waals surface area contributed by atoms with Gasteiger partial charge in [-0.05, 0) is 23.1 Å². The smallest absolute Gasteiger partial charge is 0.243 e. The lowest BCUT2D eigenvalue weighted by Gasteiger charge is -2.37. The molecule has 19 heavy (non-hydrogen) atoms. The van der Waals surface area contributed by atoms with Crippen molar-refractivity contribution >= 4 is 10.0 Å². The first kappa shape index (κ1) is 14.5. The number of sulfonamides is 1. The van der Waals surface area contributed by atoms with Crippen LogP contribution in [-0.4, -0.2) is 37.5 Å². The third-order valence-corrected chi connectivity index (χ3v) is 5.39. The van der Waals surface area contributed by atoms with Gasteiger partial charge in [0.25, 0.3) is 0 Å². The molecule has 0 spiro atoms. The molecule has 1 aromatic carbocycles. The van der Waals surface area contributed by atoms with Crippen LogP contribution < -0.4 is 0 Å². The molecule has 2 rings (SSSR count). The Morgan fingerprint density at radius 3 is 2.16 bits per heavy atom. The van der Waals surface area contributed by atoms with Crippen LogP contribution in [0.4, 0.5) is 0 Å². The summed E-state index contributed by atoms with van der Waals surface area (Å²) < 4.78 is 26.0. The van der Waals surface area contributed by atoms with Crippen molar-refractivity contribution in [3.05, 3.63) is 29.8 Å². The SMILES string of the molecule is CC(C)(C)c1ccc(S(=O)(=O)N2CC(CO)C2)cc1. The molecule has 1 fully saturated rings. The second kappa shape index (κ2) is 4.89. The summed E-state index contributed by atoms with van der Waals surface area (Å²) in [6.45, 7) is 7.17. The highest BCUT2D eigenvalue weighted by molar-refractivity contribution is 7.89. The van der Waals surface area contributed by atoms with E-state index < -0.39 is 10.0 Å². The van der Waals surface area contributed by atoms with Gasteiger partial charge in [0.05, 0.1) is 4.90 Å². The molecule has 0 aromatic heterocycles. The normalized spacial score (nSPS) is 18.3. The van der Waals surface area contributed by atoms with E-state index in [2.05, 4.69) is 20.8 Å². The summed E-state index contributed by atoms with van der Waals surface area (Å²) in [6.07, 6.45) is 0. The molecule has 0 atom stereocenters. The van der Waals surface area contributed by atoms with Crippen molar-refractivity contribution < 1.29 is 13.5 Å². The molecule has 0 unspecified atom stereocenters. The summed E-state index contributed by atoms with van der Waals surface area (Å²) in [4.78, 5) is 0.330. The largest absolute Gasteiger partial charge is 0.396 e. The van der Waals surface area contributed by atoms with Gasteiger partial charge in [-0.1, -0.05) is 32.9 Å². The predicted octanol–water partition coefficient (Wildman–Crippen LogP) is 1.60. The second-order valence-electron chi connectivity index (χ2n) is 6.14. The summed E-state index contributed by atoms with van der Waals surface area (Å²) in [6, 6.07) is 7.08. The fraction of sp³-hybridized carbons (Fsp3) is 0.571. The Balaban J connectivity index is 2.18. The topological polar surface area (TPSA) is 57.6 Å². The first-order chi connectivity index (χ1) is 8.75. The van der Waals surface area contributed by atoms with Crippen molar-refractivity contribution in [1.29, 1.82) is 0 Å². The van der Waals surface area contributed by atoms with Crippen molar-refractivity contribution in [2.45, 2.75) is 31.1 Å². The van der Waals surface area contributed by atoms with E-state index in [0.717, 1.165) is 5.56 Å². The zero-order valence-corrected chi connectivity index (χ0v) is 12.4. The molecular weight excluding hydrogens is 262 g/mol. The van der Waals surface area contributed by atoms with Gasteiger partial charge in [0, 0.05) is 25.6 Å². The molecule has 0 aliphatic carbocycles. The number of hydrogen-bond donors (Lipinski definition) is 1. The fourth-order valence-electron chi connectivity index (χ4n) is 2.11. The first-order valence-corrected chi connectivity index (χ1v) is 7.90. The molecular formula is C14H21NO3S. The van der Waals surface area contributed by atoms with Gasteiger partial charge in [-0.2, -0.15) is 4.31 Å². The third-order valence-electron chi connectivity index (χ3n) is 3.54. The Bertz CT molecular complexity index is 537. The van der Waals surface area contributed by atoms with Gasteiger partial charge < -0.3 is 5.11 Å². The van der Waals surface area contributed by atoms with Crippen LogP contribution in [-0.2, 0) is 15.4 Å². The standard InChI is InChI=1S/C14H21NO3S/c1-14(2,3)12-4-6-13(7-5-12)19(17,18)15-8-11(9-15)10-16/h4-7,11,16H,8-10H2,1-3H3. The van der Waals surface area contributed by atoms with Crippen LogP contribution >= 0.6 is 0 Å². The van der Waals surface area contributed by atoms with Gasteiger partial charge in [-0.15, -0.1) is 0 Å². The molecule has 4 nitrogen and oxygen atoms in total. The lowest BCUT2D eigenvalue weighted by atomic mass is 9.87. The summed E-state index contributed by atoms with van der Waals surface area (Å²) in [5.74, 6) is 0.0867. The van der Waals surface area contributed by atoms with Crippen LogP contribution in [0.15, 0.2) is 29.2 Å². The van der Waals surface area contributed by atoms with E-state index in [4.69, 9.17) is 5.11 Å². The number of rotatable bonds is 3. The minimum Gasteiger partial charge on any atom is -0.396 e. The third kappa shape index (κ3) is 2.83. The molecule has 0 saturated carbocycles. The quantitative estimate of drug-likeness (QED) is 0.916. The Morgan fingerprint density at radius 2 is 1.74 bits per heavy atom. The molecule has 1 aliphatic heterocycles. The van der Waals surface area contributed by atoms with Gasteiger partial charge in [0.1, 0.15) is 0 Å². The number of nitrogens with zero attached hydrogens (tertiary/aromatic N) is 1. The lowest BCUT2D eigenvalue weighted by molar-refractivity contribution is 0.117. The monoisotopic (exact) mass is 283 g/mol. The average Bonchev–Trinajstić information content (AvgIpc) is 2.26. The van der Waals surface area contributed by atoms with Gasteiger partial charge in [0.2, 0.25) is 10.0 Å². The van der Waals surface area contributed by atoms with E-state index >= 15 is 0 Å². The molecule has 0 radical (unpaired) electrons. The van der Waals surface area contributed by atoms with Crippen LogP contribution in [0.3, 0.4) is 0 Å². The lowest BCUT2D eigenvalue weighted by Crippen LogP contribution is -2.51. The minimum absolute atomic E-state index is 0.0149. The van der Waals surface area contributed by atoms with Crippen molar-refractivity contribution in [3.63, 3.8) is 0 Å². The molecule has 1 aromatic rings. The van der Waals surface area contributed by atoms with Gasteiger partial charge in [0.15, 0.2) is 0 Å². The number of aliphatic hydroxyl groups excluding tert-OH is 1. The molecule has 106 valence electrons. The highest BCUT2D eigenvalue weighted by Gasteiger charge is 2.36. The van der Waals surface area contributed by atoms with E-state index in [1.54, 1.807) is 12.1 Å². The van der Waals surface area contributed by atoms with Crippen LogP contribution in [0.25, 0.3) is 0 Å². The van der Waals surface area contributed by atoms with E-state index in [0.29, 0.717) is 18.0 Å². The van der Waals surface area contributed by atoms with Crippen molar-refractivity contribution in [2.75, 3.05) is 19.7 Å². The van der Waals surface area contributed by atoms with E-state index in [1.807, 2.05) is 12.1 Å². The molecule has 5 heteroatoms. The van der Waals surface area contributed by atoms with Gasteiger partial charge >= 0.3 is 0 Å². The molecule has 1 aliphatic rings. The van der Waals surface area contributed by atoms with Crippen LogP contribution in [0.2, 0.25) is 0 Å². The van der Waals surface area contributed by atoms with Crippen LogP contribution in [0, 0.1) is 5.92 Å². The maximum absolute atomic E-state index is 12.3.